The van der Waals surface area contributed by atoms with Gasteiger partial charge in [-0.3, -0.25) is 4.79 Å². The smallest absolute Gasteiger partial charge is 0.195 e. The zero-order valence-electron chi connectivity index (χ0n) is 12.0. The highest BCUT2D eigenvalue weighted by atomic mass is 16.5. The normalized spacial score (nSPS) is 10.1. The van der Waals surface area contributed by atoms with Crippen LogP contribution in [0.25, 0.3) is 0 Å². The second-order valence-corrected chi connectivity index (χ2v) is 4.51. The number of hydrogen-bond donors (Lipinski definition) is 0. The summed E-state index contributed by atoms with van der Waals surface area (Å²) in [6.07, 6.45) is 0. The highest BCUT2D eigenvalue weighted by Crippen LogP contribution is 2.18. The summed E-state index contributed by atoms with van der Waals surface area (Å²) in [5, 5.41) is 0. The predicted octanol–water partition coefficient (Wildman–Crippen LogP) is 2.86. The van der Waals surface area contributed by atoms with Gasteiger partial charge in [0.15, 0.2) is 5.78 Å². The van der Waals surface area contributed by atoms with E-state index in [4.69, 9.17) is 14.2 Å². The minimum atomic E-state index is -0.0955. The van der Waals surface area contributed by atoms with Gasteiger partial charge in [0.1, 0.15) is 31.3 Å². The van der Waals surface area contributed by atoms with Crippen LogP contribution in [0.1, 0.15) is 5.56 Å². The van der Waals surface area contributed by atoms with Crippen molar-refractivity contribution in [2.24, 2.45) is 0 Å². The van der Waals surface area contributed by atoms with Crippen molar-refractivity contribution < 1.29 is 19.0 Å². The lowest BCUT2D eigenvalue weighted by Crippen LogP contribution is -2.16. The van der Waals surface area contributed by atoms with Crippen molar-refractivity contribution in [3.63, 3.8) is 0 Å². The summed E-state index contributed by atoms with van der Waals surface area (Å²) in [5.41, 5.74) is 1.11. The second kappa shape index (κ2) is 8.07. The van der Waals surface area contributed by atoms with E-state index in [1.807, 2.05) is 42.5 Å². The maximum Gasteiger partial charge on any atom is 0.195 e. The predicted molar refractivity (Wildman–Crippen MR) is 79.6 cm³/mol. The van der Waals surface area contributed by atoms with E-state index < -0.39 is 0 Å². The van der Waals surface area contributed by atoms with Crippen molar-refractivity contribution in [1.82, 2.24) is 0 Å². The van der Waals surface area contributed by atoms with E-state index in [2.05, 4.69) is 0 Å². The van der Waals surface area contributed by atoms with Crippen molar-refractivity contribution in [3.8, 4) is 11.5 Å². The summed E-state index contributed by atoms with van der Waals surface area (Å²) in [5.74, 6) is 1.29. The van der Waals surface area contributed by atoms with Crippen LogP contribution in [0.3, 0.4) is 0 Å². The van der Waals surface area contributed by atoms with E-state index in [1.54, 1.807) is 12.1 Å². The molecule has 21 heavy (non-hydrogen) atoms. The van der Waals surface area contributed by atoms with Crippen LogP contribution in [0.15, 0.2) is 54.6 Å². The topological polar surface area (TPSA) is 44.8 Å². The Morgan fingerprint density at radius 2 is 1.48 bits per heavy atom. The molecule has 4 heteroatoms. The van der Waals surface area contributed by atoms with Crippen molar-refractivity contribution in [3.05, 3.63) is 60.2 Å². The third-order valence-corrected chi connectivity index (χ3v) is 2.78. The van der Waals surface area contributed by atoms with Gasteiger partial charge in [-0.05, 0) is 29.8 Å². The van der Waals surface area contributed by atoms with Gasteiger partial charge in [-0.15, -0.1) is 0 Å². The molecule has 0 amide bonds. The highest BCUT2D eigenvalue weighted by Gasteiger charge is 2.03. The van der Waals surface area contributed by atoms with Crippen LogP contribution >= 0.6 is 0 Å². The molecule has 0 aromatic heterocycles. The number of ketones is 1. The molecular weight excluding hydrogens is 268 g/mol. The first-order valence-corrected chi connectivity index (χ1v) is 6.68. The lowest BCUT2D eigenvalue weighted by Gasteiger charge is -2.08. The standard InChI is InChI=1S/C17H18O4/c1-19-12-15(18)13-21-17-9-7-16(8-10-17)20-11-14-5-3-2-4-6-14/h2-10H,11-13H2,1H3. The van der Waals surface area contributed by atoms with Crippen LogP contribution in [0.5, 0.6) is 11.5 Å². The summed E-state index contributed by atoms with van der Waals surface area (Å²) >= 11 is 0. The second-order valence-electron chi connectivity index (χ2n) is 4.51. The van der Waals surface area contributed by atoms with Crippen LogP contribution in [0.4, 0.5) is 0 Å². The van der Waals surface area contributed by atoms with Crippen LogP contribution < -0.4 is 9.47 Å². The summed E-state index contributed by atoms with van der Waals surface area (Å²) in [6, 6.07) is 17.1. The van der Waals surface area contributed by atoms with Crippen molar-refractivity contribution in [1.29, 1.82) is 0 Å². The molecule has 0 unspecified atom stereocenters. The third-order valence-electron chi connectivity index (χ3n) is 2.78. The van der Waals surface area contributed by atoms with Gasteiger partial charge in [-0.2, -0.15) is 0 Å². The van der Waals surface area contributed by atoms with Crippen molar-refractivity contribution >= 4 is 5.78 Å². The number of benzene rings is 2. The number of rotatable bonds is 8. The number of methoxy groups -OCH3 is 1. The monoisotopic (exact) mass is 286 g/mol. The summed E-state index contributed by atoms with van der Waals surface area (Å²) in [7, 11) is 1.48. The van der Waals surface area contributed by atoms with Crippen molar-refractivity contribution in [2.75, 3.05) is 20.3 Å². The zero-order valence-corrected chi connectivity index (χ0v) is 12.0. The zero-order chi connectivity index (χ0) is 14.9. The van der Waals surface area contributed by atoms with Gasteiger partial charge in [0.2, 0.25) is 0 Å². The number of carbonyl (C=O) groups excluding carboxylic acids is 1. The Morgan fingerprint density at radius 1 is 0.857 bits per heavy atom. The Morgan fingerprint density at radius 3 is 2.10 bits per heavy atom. The van der Waals surface area contributed by atoms with Crippen LogP contribution in [0, 0.1) is 0 Å². The van der Waals surface area contributed by atoms with E-state index in [0.717, 1.165) is 11.3 Å². The Balaban J connectivity index is 1.80. The summed E-state index contributed by atoms with van der Waals surface area (Å²) in [6.45, 7) is 0.601. The number of hydrogen-bond acceptors (Lipinski definition) is 4. The lowest BCUT2D eigenvalue weighted by molar-refractivity contribution is -0.124. The fraction of sp³-hybridized carbons (Fsp3) is 0.235. The van der Waals surface area contributed by atoms with Crippen LogP contribution in [-0.4, -0.2) is 26.1 Å². The molecule has 0 heterocycles. The van der Waals surface area contributed by atoms with Gasteiger partial charge in [0.05, 0.1) is 0 Å². The first kappa shape index (κ1) is 15.1. The Bertz CT molecular complexity index is 549. The van der Waals surface area contributed by atoms with Gasteiger partial charge in [-0.1, -0.05) is 30.3 Å². The molecule has 4 nitrogen and oxygen atoms in total. The Hall–Kier alpha value is -2.33. The van der Waals surface area contributed by atoms with E-state index in [-0.39, 0.29) is 19.0 Å². The van der Waals surface area contributed by atoms with Gasteiger partial charge in [-0.25, -0.2) is 0 Å². The van der Waals surface area contributed by atoms with E-state index in [9.17, 15) is 4.79 Å². The average Bonchev–Trinajstić information content (AvgIpc) is 2.53. The lowest BCUT2D eigenvalue weighted by atomic mass is 10.2. The molecule has 2 aromatic carbocycles. The molecule has 2 aromatic rings. The molecule has 0 fully saturated rings. The molecule has 0 aliphatic rings. The molecule has 0 bridgehead atoms. The number of carbonyl (C=O) groups is 1. The maximum atomic E-state index is 11.3. The molecule has 0 spiro atoms. The molecule has 0 atom stereocenters. The minimum absolute atomic E-state index is 0.0120. The number of Topliss-reactive ketones (excluding diaryl/α,β-unsaturated/α-hetero) is 1. The first-order chi connectivity index (χ1) is 10.3. The fourth-order valence-electron chi connectivity index (χ4n) is 1.74. The van der Waals surface area contributed by atoms with Gasteiger partial charge >= 0.3 is 0 Å². The van der Waals surface area contributed by atoms with E-state index in [1.165, 1.54) is 7.11 Å². The summed E-state index contributed by atoms with van der Waals surface area (Å²) < 4.78 is 15.8. The first-order valence-electron chi connectivity index (χ1n) is 6.68. The molecule has 0 radical (unpaired) electrons. The molecule has 110 valence electrons. The third kappa shape index (κ3) is 5.28. The average molecular weight is 286 g/mol. The maximum absolute atomic E-state index is 11.3. The highest BCUT2D eigenvalue weighted by molar-refractivity contribution is 5.81. The van der Waals surface area contributed by atoms with Gasteiger partial charge in [0.25, 0.3) is 0 Å². The Kier molecular flexibility index (Phi) is 5.79. The minimum Gasteiger partial charge on any atom is -0.489 e. The molecule has 0 saturated heterocycles. The SMILES string of the molecule is COCC(=O)COc1ccc(OCc2ccccc2)cc1. The summed E-state index contributed by atoms with van der Waals surface area (Å²) in [4.78, 5) is 11.3. The van der Waals surface area contributed by atoms with Gasteiger partial charge < -0.3 is 14.2 Å². The fourth-order valence-corrected chi connectivity index (χ4v) is 1.74. The molecular formula is C17H18O4. The quantitative estimate of drug-likeness (QED) is 0.748. The molecule has 0 aliphatic heterocycles. The Labute approximate surface area is 124 Å². The van der Waals surface area contributed by atoms with Gasteiger partial charge in [0, 0.05) is 7.11 Å². The van der Waals surface area contributed by atoms with Crippen molar-refractivity contribution in [2.45, 2.75) is 6.61 Å². The molecule has 0 saturated carbocycles. The molecule has 0 aliphatic carbocycles. The van der Waals surface area contributed by atoms with E-state index >= 15 is 0 Å². The molecule has 2 rings (SSSR count). The van der Waals surface area contributed by atoms with Crippen LogP contribution in [0.2, 0.25) is 0 Å². The number of ether oxygens (including phenoxy) is 3. The van der Waals surface area contributed by atoms with Crippen LogP contribution in [-0.2, 0) is 16.1 Å². The largest absolute Gasteiger partial charge is 0.489 e. The van der Waals surface area contributed by atoms with E-state index in [0.29, 0.717) is 12.4 Å². The molecule has 0 N–H and O–H groups in total.